The molecule has 4 nitrogen and oxygen atoms in total. The molecule has 2 N–H and O–H groups in total. The normalized spacial score (nSPS) is 11.1. The van der Waals surface area contributed by atoms with E-state index in [0.29, 0.717) is 23.2 Å². The maximum atomic E-state index is 5.83. The number of nitrogens with zero attached hydrogens (tertiary/aromatic N) is 2. The lowest BCUT2D eigenvalue weighted by molar-refractivity contribution is 0.528. The fraction of sp³-hybridized carbons (Fsp3) is 0.300. The first-order valence-electron chi connectivity index (χ1n) is 4.57. The lowest BCUT2D eigenvalue weighted by atomic mass is 10.3. The summed E-state index contributed by atoms with van der Waals surface area (Å²) in [6.07, 6.45) is 3.44. The van der Waals surface area contributed by atoms with Gasteiger partial charge in [0.1, 0.15) is 0 Å². The van der Waals surface area contributed by atoms with Gasteiger partial charge in [0.15, 0.2) is 11.5 Å². The Kier molecular flexibility index (Phi) is 2.04. The van der Waals surface area contributed by atoms with Crippen LogP contribution in [0.25, 0.3) is 11.5 Å². The number of nitrogens with two attached hydrogens (primary N) is 1. The Morgan fingerprint density at radius 1 is 1.50 bits per heavy atom. The van der Waals surface area contributed by atoms with Gasteiger partial charge in [-0.15, -0.1) is 0 Å². The average Bonchev–Trinajstić information content (AvgIpc) is 2.71. The van der Waals surface area contributed by atoms with E-state index >= 15 is 0 Å². The van der Waals surface area contributed by atoms with Crippen molar-refractivity contribution in [2.75, 3.05) is 5.73 Å². The molecule has 0 aliphatic rings. The molecule has 0 bridgehead atoms. The van der Waals surface area contributed by atoms with Gasteiger partial charge < -0.3 is 10.2 Å². The first-order valence-corrected chi connectivity index (χ1v) is 4.57. The molecule has 0 saturated carbocycles. The molecule has 2 heterocycles. The Hall–Kier alpha value is -1.71. The highest BCUT2D eigenvalue weighted by atomic mass is 16.3. The number of nitrogen functional groups attached to an aromatic ring is 1. The van der Waals surface area contributed by atoms with E-state index < -0.39 is 0 Å². The van der Waals surface area contributed by atoms with Crippen LogP contribution in [-0.4, -0.2) is 9.78 Å². The molecular formula is C10H13N3O. The molecule has 0 radical (unpaired) electrons. The van der Waals surface area contributed by atoms with Crippen LogP contribution < -0.4 is 5.73 Å². The highest BCUT2D eigenvalue weighted by Gasteiger charge is 2.11. The van der Waals surface area contributed by atoms with E-state index in [4.69, 9.17) is 10.2 Å². The second-order valence-corrected chi connectivity index (χ2v) is 3.48. The first kappa shape index (κ1) is 8.87. The van der Waals surface area contributed by atoms with E-state index in [1.54, 1.807) is 6.26 Å². The standard InChI is InChI=1S/C10H13N3O/c1-7(2)13-6-8(11)10(12-13)9-4-3-5-14-9/h3-7H,11H2,1-2H3. The third kappa shape index (κ3) is 1.39. The Labute approximate surface area is 82.3 Å². The van der Waals surface area contributed by atoms with Crippen LogP contribution in [0.2, 0.25) is 0 Å². The second kappa shape index (κ2) is 3.21. The number of furan rings is 1. The summed E-state index contributed by atoms with van der Waals surface area (Å²) in [5, 5.41) is 4.35. The van der Waals surface area contributed by atoms with E-state index in [0.717, 1.165) is 0 Å². The second-order valence-electron chi connectivity index (χ2n) is 3.48. The summed E-state index contributed by atoms with van der Waals surface area (Å²) >= 11 is 0. The number of anilines is 1. The molecule has 0 amide bonds. The fourth-order valence-electron chi connectivity index (χ4n) is 1.28. The molecule has 2 rings (SSSR count). The van der Waals surface area contributed by atoms with Gasteiger partial charge >= 0.3 is 0 Å². The zero-order chi connectivity index (χ0) is 10.1. The zero-order valence-electron chi connectivity index (χ0n) is 8.27. The van der Waals surface area contributed by atoms with Crippen LogP contribution >= 0.6 is 0 Å². The minimum Gasteiger partial charge on any atom is -0.463 e. The summed E-state index contributed by atoms with van der Waals surface area (Å²) in [7, 11) is 0. The average molecular weight is 191 g/mol. The van der Waals surface area contributed by atoms with E-state index in [1.165, 1.54) is 0 Å². The number of rotatable bonds is 2. The highest BCUT2D eigenvalue weighted by molar-refractivity contribution is 5.67. The van der Waals surface area contributed by atoms with Gasteiger partial charge in [0, 0.05) is 12.2 Å². The molecule has 4 heteroatoms. The molecule has 0 aliphatic heterocycles. The van der Waals surface area contributed by atoms with Crippen molar-refractivity contribution >= 4 is 5.69 Å². The largest absolute Gasteiger partial charge is 0.463 e. The summed E-state index contributed by atoms with van der Waals surface area (Å²) in [6, 6.07) is 3.98. The lowest BCUT2D eigenvalue weighted by Crippen LogP contribution is -2.00. The number of aromatic nitrogens is 2. The summed E-state index contributed by atoms with van der Waals surface area (Å²) < 4.78 is 7.06. The third-order valence-electron chi connectivity index (χ3n) is 2.04. The van der Waals surface area contributed by atoms with Crippen molar-refractivity contribution in [3.8, 4) is 11.5 Å². The Balaban J connectivity index is 2.45. The molecule has 0 atom stereocenters. The van der Waals surface area contributed by atoms with Gasteiger partial charge in [-0.05, 0) is 26.0 Å². The van der Waals surface area contributed by atoms with Gasteiger partial charge in [0.25, 0.3) is 0 Å². The van der Waals surface area contributed by atoms with Gasteiger partial charge in [-0.3, -0.25) is 4.68 Å². The van der Waals surface area contributed by atoms with Crippen LogP contribution in [0.15, 0.2) is 29.0 Å². The maximum Gasteiger partial charge on any atom is 0.156 e. The predicted molar refractivity (Wildman–Crippen MR) is 54.7 cm³/mol. The lowest BCUT2D eigenvalue weighted by Gasteiger charge is -2.02. The van der Waals surface area contributed by atoms with Gasteiger partial charge in [-0.25, -0.2) is 0 Å². The molecule has 0 aromatic carbocycles. The topological polar surface area (TPSA) is 57.0 Å². The van der Waals surface area contributed by atoms with Crippen LogP contribution in [0.1, 0.15) is 19.9 Å². The smallest absolute Gasteiger partial charge is 0.156 e. The molecular weight excluding hydrogens is 178 g/mol. The monoisotopic (exact) mass is 191 g/mol. The summed E-state index contributed by atoms with van der Waals surface area (Å²) in [4.78, 5) is 0. The van der Waals surface area contributed by atoms with Crippen LogP contribution in [0.5, 0.6) is 0 Å². The minimum absolute atomic E-state index is 0.306. The van der Waals surface area contributed by atoms with Crippen molar-refractivity contribution in [3.63, 3.8) is 0 Å². The third-order valence-corrected chi connectivity index (χ3v) is 2.04. The van der Waals surface area contributed by atoms with Crippen LogP contribution in [-0.2, 0) is 0 Å². The van der Waals surface area contributed by atoms with Crippen molar-refractivity contribution < 1.29 is 4.42 Å². The van der Waals surface area contributed by atoms with Crippen molar-refractivity contribution in [3.05, 3.63) is 24.6 Å². The van der Waals surface area contributed by atoms with E-state index in [9.17, 15) is 0 Å². The summed E-state index contributed by atoms with van der Waals surface area (Å²) in [6.45, 7) is 4.11. The first-order chi connectivity index (χ1) is 6.68. The zero-order valence-corrected chi connectivity index (χ0v) is 8.27. The van der Waals surface area contributed by atoms with Crippen LogP contribution in [0.3, 0.4) is 0 Å². The number of hydrogen-bond acceptors (Lipinski definition) is 3. The summed E-state index contributed by atoms with van der Waals surface area (Å²) in [5.74, 6) is 0.710. The van der Waals surface area contributed by atoms with E-state index in [2.05, 4.69) is 18.9 Å². The Morgan fingerprint density at radius 3 is 2.79 bits per heavy atom. The molecule has 74 valence electrons. The SMILES string of the molecule is CC(C)n1cc(N)c(-c2ccco2)n1. The predicted octanol–water partition coefficient (Wildman–Crippen LogP) is 2.31. The van der Waals surface area contributed by atoms with Gasteiger partial charge in [-0.1, -0.05) is 0 Å². The molecule has 2 aromatic rings. The molecule has 0 spiro atoms. The quantitative estimate of drug-likeness (QED) is 0.792. The Morgan fingerprint density at radius 2 is 2.29 bits per heavy atom. The Bertz CT molecular complexity index is 415. The molecule has 0 saturated heterocycles. The summed E-state index contributed by atoms with van der Waals surface area (Å²) in [5.41, 5.74) is 7.19. The van der Waals surface area contributed by atoms with Crippen molar-refractivity contribution in [1.29, 1.82) is 0 Å². The van der Waals surface area contributed by atoms with E-state index in [-0.39, 0.29) is 0 Å². The molecule has 0 unspecified atom stereocenters. The minimum atomic E-state index is 0.306. The molecule has 14 heavy (non-hydrogen) atoms. The fourth-order valence-corrected chi connectivity index (χ4v) is 1.28. The van der Waals surface area contributed by atoms with Gasteiger partial charge in [-0.2, -0.15) is 5.10 Å². The molecule has 0 aliphatic carbocycles. The van der Waals surface area contributed by atoms with E-state index in [1.807, 2.05) is 23.0 Å². The van der Waals surface area contributed by atoms with Crippen molar-refractivity contribution in [2.45, 2.75) is 19.9 Å². The molecule has 0 fully saturated rings. The van der Waals surface area contributed by atoms with Gasteiger partial charge in [0.2, 0.25) is 0 Å². The number of hydrogen-bond donors (Lipinski definition) is 1. The highest BCUT2D eigenvalue weighted by Crippen LogP contribution is 2.25. The maximum absolute atomic E-state index is 5.83. The van der Waals surface area contributed by atoms with Crippen molar-refractivity contribution in [1.82, 2.24) is 9.78 Å². The van der Waals surface area contributed by atoms with Crippen LogP contribution in [0, 0.1) is 0 Å². The van der Waals surface area contributed by atoms with Crippen LogP contribution in [0.4, 0.5) is 5.69 Å². The van der Waals surface area contributed by atoms with Gasteiger partial charge in [0.05, 0.1) is 12.0 Å². The molecule has 2 aromatic heterocycles. The van der Waals surface area contributed by atoms with Crippen molar-refractivity contribution in [2.24, 2.45) is 0 Å².